The minimum Gasteiger partial charge on any atom is -0.465 e. The van der Waals surface area contributed by atoms with Gasteiger partial charge in [0.1, 0.15) is 4.83 Å². The highest BCUT2D eigenvalue weighted by atomic mass is 79.9. The number of benzene rings is 1. The number of rotatable bonds is 4. The maximum absolute atomic E-state index is 11.5. The molecule has 0 aliphatic heterocycles. The Morgan fingerprint density at radius 1 is 1.33 bits per heavy atom. The molecule has 1 rings (SSSR count). The zero-order valence-electron chi connectivity index (χ0n) is 8.32. The number of carbonyl (C=O) groups excluding carboxylic acids is 1. The van der Waals surface area contributed by atoms with Crippen LogP contribution >= 0.6 is 31.9 Å². The summed E-state index contributed by atoms with van der Waals surface area (Å²) < 4.78 is 4.93. The highest BCUT2D eigenvalue weighted by Crippen LogP contribution is 2.31. The molecule has 0 spiro atoms. The van der Waals surface area contributed by atoms with Gasteiger partial charge in [0.25, 0.3) is 0 Å². The number of alkyl halides is 2. The zero-order valence-corrected chi connectivity index (χ0v) is 11.5. The summed E-state index contributed by atoms with van der Waals surface area (Å²) in [6.45, 7) is 2.19. The molecule has 0 N–H and O–H groups in total. The Bertz CT molecular complexity index is 314. The molecule has 82 valence electrons. The van der Waals surface area contributed by atoms with Gasteiger partial charge >= 0.3 is 5.97 Å². The molecule has 0 amide bonds. The molecule has 4 heteroatoms. The second-order valence-corrected chi connectivity index (χ2v) is 4.94. The van der Waals surface area contributed by atoms with Crippen LogP contribution in [0.4, 0.5) is 0 Å². The second-order valence-electron chi connectivity index (χ2n) is 2.97. The molecule has 2 atom stereocenters. The first kappa shape index (κ1) is 12.7. The van der Waals surface area contributed by atoms with Crippen molar-refractivity contribution in [2.75, 3.05) is 6.61 Å². The first-order valence-electron chi connectivity index (χ1n) is 4.66. The average Bonchev–Trinajstić information content (AvgIpc) is 2.28. The van der Waals surface area contributed by atoms with Crippen molar-refractivity contribution in [1.29, 1.82) is 0 Å². The van der Waals surface area contributed by atoms with Crippen LogP contribution in [0.3, 0.4) is 0 Å². The van der Waals surface area contributed by atoms with E-state index >= 15 is 0 Å². The number of hydrogen-bond donors (Lipinski definition) is 0. The average molecular weight is 336 g/mol. The van der Waals surface area contributed by atoms with E-state index < -0.39 is 0 Å². The third-order valence-electron chi connectivity index (χ3n) is 1.89. The van der Waals surface area contributed by atoms with Gasteiger partial charge in [-0.15, -0.1) is 0 Å². The van der Waals surface area contributed by atoms with Crippen LogP contribution < -0.4 is 0 Å². The standard InChI is InChI=1S/C11H12Br2O2/c1-2-15-11(14)10(13)9(12)8-6-4-3-5-7-8/h3-7,9-10H,2H2,1H3. The SMILES string of the molecule is CCOC(=O)C(Br)C(Br)c1ccccc1. The summed E-state index contributed by atoms with van der Waals surface area (Å²) in [5.41, 5.74) is 1.05. The third kappa shape index (κ3) is 3.61. The summed E-state index contributed by atoms with van der Waals surface area (Å²) in [5.74, 6) is -0.247. The fourth-order valence-corrected chi connectivity index (χ4v) is 2.11. The summed E-state index contributed by atoms with van der Waals surface area (Å²) in [5, 5.41) is 0. The molecule has 0 aromatic heterocycles. The van der Waals surface area contributed by atoms with Crippen molar-refractivity contribution < 1.29 is 9.53 Å². The van der Waals surface area contributed by atoms with E-state index in [0.29, 0.717) is 6.61 Å². The van der Waals surface area contributed by atoms with E-state index in [9.17, 15) is 4.79 Å². The highest BCUT2D eigenvalue weighted by molar-refractivity contribution is 9.12. The van der Waals surface area contributed by atoms with Crippen LogP contribution in [-0.2, 0) is 9.53 Å². The number of esters is 1. The molecule has 0 aliphatic carbocycles. The minimum atomic E-state index is -0.361. The van der Waals surface area contributed by atoms with Gasteiger partial charge in [0.2, 0.25) is 0 Å². The number of hydrogen-bond acceptors (Lipinski definition) is 2. The zero-order chi connectivity index (χ0) is 11.3. The van der Waals surface area contributed by atoms with Crippen LogP contribution in [0.25, 0.3) is 0 Å². The fourth-order valence-electron chi connectivity index (χ4n) is 1.15. The van der Waals surface area contributed by atoms with Gasteiger partial charge in [-0.25, -0.2) is 0 Å². The monoisotopic (exact) mass is 334 g/mol. The van der Waals surface area contributed by atoms with Crippen molar-refractivity contribution in [3.8, 4) is 0 Å². The van der Waals surface area contributed by atoms with Crippen molar-refractivity contribution in [2.24, 2.45) is 0 Å². The maximum atomic E-state index is 11.5. The summed E-state index contributed by atoms with van der Waals surface area (Å²) in [6, 6.07) is 9.75. The quantitative estimate of drug-likeness (QED) is 0.622. The molecule has 0 fully saturated rings. The van der Waals surface area contributed by atoms with E-state index in [4.69, 9.17) is 4.74 Å². The Labute approximate surface area is 106 Å². The first-order valence-corrected chi connectivity index (χ1v) is 6.49. The number of ether oxygens (including phenoxy) is 1. The molecule has 0 bridgehead atoms. The van der Waals surface area contributed by atoms with Gasteiger partial charge in [-0.2, -0.15) is 0 Å². The predicted octanol–water partition coefficient (Wildman–Crippen LogP) is 3.45. The molecule has 0 radical (unpaired) electrons. The van der Waals surface area contributed by atoms with E-state index in [2.05, 4.69) is 31.9 Å². The molecule has 0 heterocycles. The van der Waals surface area contributed by atoms with Gasteiger partial charge in [0, 0.05) is 0 Å². The predicted molar refractivity (Wildman–Crippen MR) is 67.5 cm³/mol. The lowest BCUT2D eigenvalue weighted by atomic mass is 10.1. The molecular formula is C11H12Br2O2. The van der Waals surface area contributed by atoms with E-state index in [1.807, 2.05) is 30.3 Å². The normalized spacial score (nSPS) is 14.3. The van der Waals surface area contributed by atoms with Crippen LogP contribution in [0.1, 0.15) is 17.3 Å². The van der Waals surface area contributed by atoms with Crippen molar-refractivity contribution in [2.45, 2.75) is 16.6 Å². The molecular weight excluding hydrogens is 324 g/mol. The summed E-state index contributed by atoms with van der Waals surface area (Å²) >= 11 is 6.80. The van der Waals surface area contributed by atoms with Crippen molar-refractivity contribution in [3.05, 3.63) is 35.9 Å². The van der Waals surface area contributed by atoms with Gasteiger partial charge in [0.15, 0.2) is 0 Å². The minimum absolute atomic E-state index is 0.0715. The molecule has 0 saturated carbocycles. The van der Waals surface area contributed by atoms with Crippen LogP contribution in [0.2, 0.25) is 0 Å². The molecule has 2 unspecified atom stereocenters. The van der Waals surface area contributed by atoms with Crippen molar-refractivity contribution >= 4 is 37.8 Å². The van der Waals surface area contributed by atoms with E-state index in [1.54, 1.807) is 6.92 Å². The van der Waals surface area contributed by atoms with Crippen LogP contribution in [0.15, 0.2) is 30.3 Å². The van der Waals surface area contributed by atoms with E-state index in [1.165, 1.54) is 0 Å². The summed E-state index contributed by atoms with van der Waals surface area (Å²) in [4.78, 5) is 11.0. The van der Waals surface area contributed by atoms with Crippen LogP contribution in [-0.4, -0.2) is 17.4 Å². The van der Waals surface area contributed by atoms with Gasteiger partial charge < -0.3 is 4.74 Å². The van der Waals surface area contributed by atoms with Gasteiger partial charge in [-0.1, -0.05) is 62.2 Å². The van der Waals surface area contributed by atoms with Crippen LogP contribution in [0, 0.1) is 0 Å². The third-order valence-corrected chi connectivity index (χ3v) is 4.56. The molecule has 0 aliphatic rings. The summed E-state index contributed by atoms with van der Waals surface area (Å²) in [7, 11) is 0. The number of halogens is 2. The lowest BCUT2D eigenvalue weighted by Crippen LogP contribution is -2.21. The van der Waals surface area contributed by atoms with Crippen molar-refractivity contribution in [1.82, 2.24) is 0 Å². The van der Waals surface area contributed by atoms with Crippen molar-refractivity contribution in [3.63, 3.8) is 0 Å². The number of carbonyl (C=O) groups is 1. The second kappa shape index (κ2) is 6.28. The molecule has 1 aromatic rings. The van der Waals surface area contributed by atoms with Gasteiger partial charge in [0.05, 0.1) is 11.4 Å². The fraction of sp³-hybridized carbons (Fsp3) is 0.364. The Morgan fingerprint density at radius 3 is 2.47 bits per heavy atom. The Morgan fingerprint density at radius 2 is 1.93 bits per heavy atom. The lowest BCUT2D eigenvalue weighted by molar-refractivity contribution is -0.142. The topological polar surface area (TPSA) is 26.3 Å². The Kier molecular flexibility index (Phi) is 5.32. The first-order chi connectivity index (χ1) is 7.16. The van der Waals surface area contributed by atoms with E-state index in [-0.39, 0.29) is 15.6 Å². The van der Waals surface area contributed by atoms with Gasteiger partial charge in [-0.3, -0.25) is 4.79 Å². The smallest absolute Gasteiger partial charge is 0.321 e. The molecule has 1 aromatic carbocycles. The molecule has 2 nitrogen and oxygen atoms in total. The van der Waals surface area contributed by atoms with E-state index in [0.717, 1.165) is 5.56 Å². The maximum Gasteiger partial charge on any atom is 0.321 e. The van der Waals surface area contributed by atoms with Gasteiger partial charge in [-0.05, 0) is 12.5 Å². The Hall–Kier alpha value is -0.350. The largest absolute Gasteiger partial charge is 0.465 e. The Balaban J connectivity index is 2.68. The molecule has 0 saturated heterocycles. The van der Waals surface area contributed by atoms with Crippen LogP contribution in [0.5, 0.6) is 0 Å². The molecule has 15 heavy (non-hydrogen) atoms. The summed E-state index contributed by atoms with van der Waals surface area (Å²) in [6.07, 6.45) is 0. The lowest BCUT2D eigenvalue weighted by Gasteiger charge is -2.15. The highest BCUT2D eigenvalue weighted by Gasteiger charge is 2.25.